The van der Waals surface area contributed by atoms with Gasteiger partial charge in [-0.3, -0.25) is 14.5 Å². The summed E-state index contributed by atoms with van der Waals surface area (Å²) in [6.45, 7) is 5.88. The second-order valence-electron chi connectivity index (χ2n) is 8.66. The van der Waals surface area contributed by atoms with Crippen molar-refractivity contribution in [2.45, 2.75) is 45.5 Å². The lowest BCUT2D eigenvalue weighted by atomic mass is 9.95. The normalized spacial score (nSPS) is 17.5. The van der Waals surface area contributed by atoms with Crippen LogP contribution in [0.15, 0.2) is 60.3 Å². The summed E-state index contributed by atoms with van der Waals surface area (Å²) in [5.41, 5.74) is 1.86. The van der Waals surface area contributed by atoms with E-state index in [-0.39, 0.29) is 22.9 Å². The average Bonchev–Trinajstić information content (AvgIpc) is 3.13. The number of nitrogens with zero attached hydrogens (tertiary/aromatic N) is 4. The number of anilines is 1. The first-order valence-electron chi connectivity index (χ1n) is 11.5. The van der Waals surface area contributed by atoms with Gasteiger partial charge in [-0.05, 0) is 41.7 Å². The minimum absolute atomic E-state index is 0.0362. The number of halogens is 3. The third-order valence-electron chi connectivity index (χ3n) is 5.91. The van der Waals surface area contributed by atoms with Crippen LogP contribution in [-0.2, 0) is 16.0 Å². The molecule has 1 aliphatic rings. The molecule has 2 aromatic heterocycles. The average molecular weight is 512 g/mol. The Kier molecular flexibility index (Phi) is 6.97. The Hall–Kier alpha value is -4.28. The number of aliphatic hydroxyl groups excluding tert-OH is 1. The topological polar surface area (TPSA) is 106 Å². The summed E-state index contributed by atoms with van der Waals surface area (Å²) in [5, 5.41) is 19.3. The summed E-state index contributed by atoms with van der Waals surface area (Å²) in [6, 6.07) is 11.0. The second-order valence-corrected chi connectivity index (χ2v) is 8.66. The number of alkyl halides is 3. The van der Waals surface area contributed by atoms with Crippen molar-refractivity contribution >= 4 is 23.3 Å². The maximum Gasteiger partial charge on any atom is 0.574 e. The first-order chi connectivity index (χ1) is 17.5. The molecule has 0 spiro atoms. The van der Waals surface area contributed by atoms with Gasteiger partial charge in [0.05, 0.1) is 17.3 Å². The highest BCUT2D eigenvalue weighted by molar-refractivity contribution is 6.51. The van der Waals surface area contributed by atoms with Gasteiger partial charge in [0.1, 0.15) is 5.76 Å². The third kappa shape index (κ3) is 5.30. The van der Waals surface area contributed by atoms with Crippen molar-refractivity contribution < 1.29 is 32.6 Å². The Morgan fingerprint density at radius 2 is 1.76 bits per heavy atom. The molecule has 8 nitrogen and oxygen atoms in total. The van der Waals surface area contributed by atoms with Crippen LogP contribution in [0.3, 0.4) is 0 Å². The van der Waals surface area contributed by atoms with E-state index in [0.29, 0.717) is 17.7 Å². The zero-order valence-electron chi connectivity index (χ0n) is 20.2. The van der Waals surface area contributed by atoms with Crippen molar-refractivity contribution in [3.05, 3.63) is 82.7 Å². The van der Waals surface area contributed by atoms with Gasteiger partial charge in [0.2, 0.25) is 5.88 Å². The van der Waals surface area contributed by atoms with Crippen LogP contribution in [-0.4, -0.2) is 38.3 Å². The van der Waals surface area contributed by atoms with E-state index in [0.717, 1.165) is 22.7 Å². The van der Waals surface area contributed by atoms with E-state index in [1.165, 1.54) is 12.1 Å². The summed E-state index contributed by atoms with van der Waals surface area (Å²) in [6.07, 6.45) is -3.30. The van der Waals surface area contributed by atoms with Crippen LogP contribution in [0.5, 0.6) is 5.88 Å². The molecular weight excluding hydrogens is 489 g/mol. The lowest BCUT2D eigenvalue weighted by molar-refractivity contribution is -0.276. The molecule has 1 atom stereocenters. The number of hydrogen-bond donors (Lipinski definition) is 1. The fourth-order valence-corrected chi connectivity index (χ4v) is 3.97. The Bertz CT molecular complexity index is 1340. The molecule has 11 heteroatoms. The minimum Gasteiger partial charge on any atom is -0.507 e. The molecule has 4 rings (SSSR count). The molecule has 0 saturated carbocycles. The zero-order valence-corrected chi connectivity index (χ0v) is 20.2. The van der Waals surface area contributed by atoms with E-state index in [2.05, 4.69) is 19.9 Å². The van der Waals surface area contributed by atoms with Crippen molar-refractivity contribution in [3.8, 4) is 5.88 Å². The maximum absolute atomic E-state index is 13.2. The number of rotatable bonds is 6. The molecule has 1 N–H and O–H groups in total. The molecule has 1 fully saturated rings. The number of carbonyl (C=O) groups is 2. The monoisotopic (exact) mass is 512 g/mol. The number of Topliss-reactive ketones (excluding diaryl/α,β-unsaturated/α-hetero) is 1. The van der Waals surface area contributed by atoms with E-state index in [1.807, 2.05) is 20.8 Å². The molecule has 1 saturated heterocycles. The van der Waals surface area contributed by atoms with Crippen molar-refractivity contribution in [1.29, 1.82) is 0 Å². The highest BCUT2D eigenvalue weighted by Gasteiger charge is 2.48. The summed E-state index contributed by atoms with van der Waals surface area (Å²) in [5.74, 6) is -2.84. The molecule has 1 amide bonds. The summed E-state index contributed by atoms with van der Waals surface area (Å²) in [7, 11) is 0. The minimum atomic E-state index is -4.94. The number of ketones is 1. The number of aromatic nitrogens is 3. The van der Waals surface area contributed by atoms with E-state index < -0.39 is 35.7 Å². The van der Waals surface area contributed by atoms with E-state index in [1.54, 1.807) is 30.3 Å². The smallest absolute Gasteiger partial charge is 0.507 e. The molecule has 0 bridgehead atoms. The Balaban J connectivity index is 1.85. The van der Waals surface area contributed by atoms with E-state index in [9.17, 15) is 27.9 Å². The van der Waals surface area contributed by atoms with Crippen LogP contribution in [0.25, 0.3) is 5.76 Å². The predicted octanol–water partition coefficient (Wildman–Crippen LogP) is 5.08. The summed E-state index contributed by atoms with van der Waals surface area (Å²) >= 11 is 0. The van der Waals surface area contributed by atoms with Gasteiger partial charge in [-0.25, -0.2) is 4.98 Å². The van der Waals surface area contributed by atoms with Gasteiger partial charge in [0, 0.05) is 17.8 Å². The van der Waals surface area contributed by atoms with Crippen molar-refractivity contribution in [2.24, 2.45) is 0 Å². The van der Waals surface area contributed by atoms with Gasteiger partial charge in [0.15, 0.2) is 5.82 Å². The second kappa shape index (κ2) is 10.00. The highest BCUT2D eigenvalue weighted by Crippen LogP contribution is 2.41. The number of benzene rings is 1. The van der Waals surface area contributed by atoms with Crippen LogP contribution in [0.1, 0.15) is 55.1 Å². The van der Waals surface area contributed by atoms with E-state index >= 15 is 0 Å². The van der Waals surface area contributed by atoms with Gasteiger partial charge in [-0.2, -0.15) is 5.10 Å². The van der Waals surface area contributed by atoms with Crippen molar-refractivity contribution in [3.63, 3.8) is 0 Å². The number of pyridine rings is 1. The van der Waals surface area contributed by atoms with Crippen LogP contribution in [0.2, 0.25) is 0 Å². The number of aryl methyl sites for hydroxylation is 1. The van der Waals surface area contributed by atoms with Gasteiger partial charge in [-0.15, -0.1) is 18.3 Å². The molecule has 1 aliphatic heterocycles. The van der Waals surface area contributed by atoms with Crippen LogP contribution >= 0.6 is 0 Å². The Morgan fingerprint density at radius 3 is 2.27 bits per heavy atom. The SMILES string of the molecule is CCc1ccc(N2C(=O)C(=O)C(=C(O)c3ccc(C(C)C)cc3)C2c2ccc(OC(F)(F)F)nc2)nn1. The molecule has 0 radical (unpaired) electrons. The van der Waals surface area contributed by atoms with E-state index in [4.69, 9.17) is 0 Å². The molecule has 3 heterocycles. The van der Waals surface area contributed by atoms with Crippen LogP contribution in [0, 0.1) is 0 Å². The summed E-state index contributed by atoms with van der Waals surface area (Å²) in [4.78, 5) is 31.1. The Morgan fingerprint density at radius 1 is 1.05 bits per heavy atom. The lowest BCUT2D eigenvalue weighted by Gasteiger charge is -2.24. The van der Waals surface area contributed by atoms with Gasteiger partial charge in [-0.1, -0.05) is 45.0 Å². The van der Waals surface area contributed by atoms with Gasteiger partial charge in [0.25, 0.3) is 5.78 Å². The molecule has 3 aromatic rings. The quantitative estimate of drug-likeness (QED) is 0.279. The standard InChI is InChI=1S/C26H23F3N4O4/c1-4-18-10-11-19(32-31-18)33-22(17-9-12-20(30-13-17)37-26(27,28)29)21(24(35)25(33)36)23(34)16-7-5-15(6-8-16)14(2)3/h5-14,22,34H,4H2,1-3H3. The van der Waals surface area contributed by atoms with Crippen LogP contribution < -0.4 is 9.64 Å². The molecule has 192 valence electrons. The fourth-order valence-electron chi connectivity index (χ4n) is 3.97. The maximum atomic E-state index is 13.2. The van der Waals surface area contributed by atoms with Crippen LogP contribution in [0.4, 0.5) is 19.0 Å². The molecule has 0 aliphatic carbocycles. The van der Waals surface area contributed by atoms with Gasteiger partial charge >= 0.3 is 12.3 Å². The molecular formula is C26H23F3N4O4. The van der Waals surface area contributed by atoms with Crippen molar-refractivity contribution in [2.75, 3.05) is 4.90 Å². The number of ether oxygens (including phenoxy) is 1. The summed E-state index contributed by atoms with van der Waals surface area (Å²) < 4.78 is 41.7. The number of hydrogen-bond acceptors (Lipinski definition) is 7. The lowest BCUT2D eigenvalue weighted by Crippen LogP contribution is -2.30. The molecule has 1 unspecified atom stereocenters. The number of carbonyl (C=O) groups excluding carboxylic acids is 2. The molecule has 1 aromatic carbocycles. The first kappa shape index (κ1) is 25.8. The third-order valence-corrected chi connectivity index (χ3v) is 5.91. The number of aliphatic hydroxyl groups is 1. The first-order valence-corrected chi connectivity index (χ1v) is 11.5. The zero-order chi connectivity index (χ0) is 26.9. The Labute approximate surface area is 210 Å². The van der Waals surface area contributed by atoms with Gasteiger partial charge < -0.3 is 9.84 Å². The predicted molar refractivity (Wildman–Crippen MR) is 128 cm³/mol. The number of amides is 1. The highest BCUT2D eigenvalue weighted by atomic mass is 19.4. The molecule has 37 heavy (non-hydrogen) atoms. The fraction of sp³-hybridized carbons (Fsp3) is 0.269. The largest absolute Gasteiger partial charge is 0.574 e. The van der Waals surface area contributed by atoms with Crippen molar-refractivity contribution in [1.82, 2.24) is 15.2 Å².